The van der Waals surface area contributed by atoms with Gasteiger partial charge >= 0.3 is 0 Å². The van der Waals surface area contributed by atoms with Crippen LogP contribution in [0.5, 0.6) is 0 Å². The Morgan fingerprint density at radius 2 is 1.67 bits per heavy atom. The van der Waals surface area contributed by atoms with E-state index in [4.69, 9.17) is 0 Å². The molecule has 0 N–H and O–H groups in total. The van der Waals surface area contributed by atoms with E-state index in [9.17, 15) is 13.6 Å². The van der Waals surface area contributed by atoms with Gasteiger partial charge in [-0.2, -0.15) is 0 Å². The van der Waals surface area contributed by atoms with Crippen LogP contribution in [0.4, 0.5) is 8.78 Å². The molecule has 0 spiro atoms. The van der Waals surface area contributed by atoms with Crippen molar-refractivity contribution in [2.75, 3.05) is 26.2 Å². The van der Waals surface area contributed by atoms with E-state index >= 15 is 0 Å². The zero-order valence-electron chi connectivity index (χ0n) is 13.4. The second-order valence-electron chi connectivity index (χ2n) is 6.02. The number of carbonyl (C=O) groups excluding carboxylic acids is 1. The molecule has 1 fully saturated rings. The molecule has 1 aliphatic rings. The Kier molecular flexibility index (Phi) is 5.20. The molecule has 2 aromatic rings. The van der Waals surface area contributed by atoms with E-state index in [0.29, 0.717) is 37.3 Å². The van der Waals surface area contributed by atoms with Crippen molar-refractivity contribution >= 4 is 5.91 Å². The summed E-state index contributed by atoms with van der Waals surface area (Å²) in [5.41, 5.74) is 1.18. The Morgan fingerprint density at radius 1 is 0.917 bits per heavy atom. The summed E-state index contributed by atoms with van der Waals surface area (Å²) in [5.74, 6) is -0.623. The lowest BCUT2D eigenvalue weighted by molar-refractivity contribution is 0.0761. The highest BCUT2D eigenvalue weighted by Crippen LogP contribution is 2.14. The van der Waals surface area contributed by atoms with Crippen LogP contribution in [0.15, 0.2) is 48.5 Å². The summed E-state index contributed by atoms with van der Waals surface area (Å²) < 4.78 is 26.8. The fraction of sp³-hybridized carbons (Fsp3) is 0.316. The van der Waals surface area contributed by atoms with Gasteiger partial charge in [0, 0.05) is 43.9 Å². The van der Waals surface area contributed by atoms with E-state index in [1.165, 1.54) is 30.3 Å². The third-order valence-corrected chi connectivity index (χ3v) is 4.32. The number of hydrogen-bond acceptors (Lipinski definition) is 2. The first-order valence-electron chi connectivity index (χ1n) is 8.14. The zero-order chi connectivity index (χ0) is 16.9. The molecule has 24 heavy (non-hydrogen) atoms. The van der Waals surface area contributed by atoms with Crippen LogP contribution in [0, 0.1) is 11.6 Å². The van der Waals surface area contributed by atoms with E-state index in [1.54, 1.807) is 17.0 Å². The van der Waals surface area contributed by atoms with Gasteiger partial charge in [0.15, 0.2) is 0 Å². The molecular formula is C19H20F2N2O. The Balaban J connectivity index is 1.61. The van der Waals surface area contributed by atoms with Gasteiger partial charge in [-0.1, -0.05) is 18.2 Å². The number of nitrogens with zero attached hydrogens (tertiary/aromatic N) is 2. The van der Waals surface area contributed by atoms with E-state index in [2.05, 4.69) is 4.90 Å². The number of benzene rings is 2. The molecule has 3 rings (SSSR count). The zero-order valence-corrected chi connectivity index (χ0v) is 13.4. The minimum absolute atomic E-state index is 0.0808. The second-order valence-corrected chi connectivity index (χ2v) is 6.02. The maximum Gasteiger partial charge on any atom is 0.253 e. The first kappa shape index (κ1) is 16.6. The Hall–Kier alpha value is -2.27. The Bertz CT molecular complexity index is 703. The van der Waals surface area contributed by atoms with Crippen molar-refractivity contribution in [3.05, 3.63) is 71.3 Å². The Morgan fingerprint density at radius 3 is 2.42 bits per heavy atom. The van der Waals surface area contributed by atoms with Crippen molar-refractivity contribution < 1.29 is 13.6 Å². The minimum Gasteiger partial charge on any atom is -0.337 e. The fourth-order valence-corrected chi connectivity index (χ4v) is 2.97. The van der Waals surface area contributed by atoms with Gasteiger partial charge in [-0.05, 0) is 36.8 Å². The summed E-state index contributed by atoms with van der Waals surface area (Å²) in [5, 5.41) is 0. The van der Waals surface area contributed by atoms with Crippen molar-refractivity contribution in [1.29, 1.82) is 0 Å². The second kappa shape index (κ2) is 7.53. The minimum atomic E-state index is -0.349. The molecule has 3 nitrogen and oxygen atoms in total. The Labute approximate surface area is 140 Å². The van der Waals surface area contributed by atoms with E-state index in [-0.39, 0.29) is 17.5 Å². The van der Waals surface area contributed by atoms with Gasteiger partial charge in [-0.3, -0.25) is 9.69 Å². The molecule has 0 atom stereocenters. The van der Waals surface area contributed by atoms with Gasteiger partial charge in [0.2, 0.25) is 0 Å². The van der Waals surface area contributed by atoms with Gasteiger partial charge in [0.1, 0.15) is 11.6 Å². The molecule has 1 aliphatic heterocycles. The van der Waals surface area contributed by atoms with Crippen LogP contribution in [0.2, 0.25) is 0 Å². The molecule has 0 aliphatic carbocycles. The quantitative estimate of drug-likeness (QED) is 0.862. The van der Waals surface area contributed by atoms with Crippen LogP contribution in [0.1, 0.15) is 22.3 Å². The molecule has 126 valence electrons. The monoisotopic (exact) mass is 330 g/mol. The number of halogens is 2. The van der Waals surface area contributed by atoms with Gasteiger partial charge in [0.05, 0.1) is 0 Å². The number of amides is 1. The van der Waals surface area contributed by atoms with Gasteiger partial charge < -0.3 is 4.90 Å². The summed E-state index contributed by atoms with van der Waals surface area (Å²) in [4.78, 5) is 16.5. The standard InChI is InChI=1S/C19H20F2N2O/c20-17-8-6-15(7-9-17)19(24)23-11-3-10-22(12-13-23)14-16-4-1-2-5-18(16)21/h1-2,4-9H,3,10-14H2. The maximum absolute atomic E-state index is 13.8. The molecule has 1 heterocycles. The fourth-order valence-electron chi connectivity index (χ4n) is 2.97. The third-order valence-electron chi connectivity index (χ3n) is 4.32. The van der Waals surface area contributed by atoms with Crippen LogP contribution in [0.3, 0.4) is 0 Å². The average molecular weight is 330 g/mol. The van der Waals surface area contributed by atoms with E-state index in [1.807, 2.05) is 6.07 Å². The molecule has 0 saturated carbocycles. The lowest BCUT2D eigenvalue weighted by Gasteiger charge is -2.22. The van der Waals surface area contributed by atoms with Crippen molar-refractivity contribution in [2.24, 2.45) is 0 Å². The molecule has 1 saturated heterocycles. The molecule has 0 bridgehead atoms. The molecule has 0 aromatic heterocycles. The molecular weight excluding hydrogens is 310 g/mol. The summed E-state index contributed by atoms with van der Waals surface area (Å²) >= 11 is 0. The van der Waals surface area contributed by atoms with Crippen LogP contribution in [0.25, 0.3) is 0 Å². The summed E-state index contributed by atoms with van der Waals surface area (Å²) in [7, 11) is 0. The molecule has 0 unspecified atom stereocenters. The normalized spacial score (nSPS) is 16.0. The summed E-state index contributed by atoms with van der Waals surface area (Å²) in [6, 6.07) is 12.4. The van der Waals surface area contributed by atoms with Gasteiger partial charge in [-0.25, -0.2) is 8.78 Å². The van der Waals surface area contributed by atoms with Crippen molar-refractivity contribution in [3.8, 4) is 0 Å². The predicted molar refractivity (Wildman–Crippen MR) is 88.6 cm³/mol. The number of carbonyl (C=O) groups is 1. The highest BCUT2D eigenvalue weighted by Gasteiger charge is 2.20. The molecule has 2 aromatic carbocycles. The van der Waals surface area contributed by atoms with E-state index < -0.39 is 0 Å². The summed E-state index contributed by atoms with van der Waals surface area (Å²) in [6.07, 6.45) is 0.835. The lowest BCUT2D eigenvalue weighted by Crippen LogP contribution is -2.35. The first-order chi connectivity index (χ1) is 11.6. The SMILES string of the molecule is O=C(c1ccc(F)cc1)N1CCCN(Cc2ccccc2F)CC1. The molecule has 5 heteroatoms. The average Bonchev–Trinajstić information content (AvgIpc) is 2.83. The van der Waals surface area contributed by atoms with Crippen LogP contribution < -0.4 is 0 Å². The smallest absolute Gasteiger partial charge is 0.253 e. The van der Waals surface area contributed by atoms with Crippen LogP contribution in [-0.4, -0.2) is 41.9 Å². The lowest BCUT2D eigenvalue weighted by atomic mass is 10.2. The summed E-state index contributed by atoms with van der Waals surface area (Å²) in [6.45, 7) is 3.31. The van der Waals surface area contributed by atoms with Crippen LogP contribution >= 0.6 is 0 Å². The van der Waals surface area contributed by atoms with Crippen molar-refractivity contribution in [3.63, 3.8) is 0 Å². The van der Waals surface area contributed by atoms with Gasteiger partial charge in [-0.15, -0.1) is 0 Å². The van der Waals surface area contributed by atoms with Gasteiger partial charge in [0.25, 0.3) is 5.91 Å². The molecule has 0 radical (unpaired) electrons. The van der Waals surface area contributed by atoms with Crippen molar-refractivity contribution in [1.82, 2.24) is 9.80 Å². The largest absolute Gasteiger partial charge is 0.337 e. The topological polar surface area (TPSA) is 23.6 Å². The first-order valence-corrected chi connectivity index (χ1v) is 8.14. The van der Waals surface area contributed by atoms with Crippen LogP contribution in [-0.2, 0) is 6.54 Å². The third kappa shape index (κ3) is 3.97. The highest BCUT2D eigenvalue weighted by atomic mass is 19.1. The van der Waals surface area contributed by atoms with E-state index in [0.717, 1.165) is 13.0 Å². The number of hydrogen-bond donors (Lipinski definition) is 0. The number of rotatable bonds is 3. The molecule has 1 amide bonds. The predicted octanol–water partition coefficient (Wildman–Crippen LogP) is 3.31. The highest BCUT2D eigenvalue weighted by molar-refractivity contribution is 5.94. The maximum atomic E-state index is 13.8. The van der Waals surface area contributed by atoms with Crippen molar-refractivity contribution in [2.45, 2.75) is 13.0 Å².